The fraction of sp³-hybridized carbons (Fsp3) is 0.667. The molecule has 1 saturated heterocycles. The van der Waals surface area contributed by atoms with E-state index >= 15 is 0 Å². The molecule has 1 aliphatic heterocycles. The number of ether oxygens (including phenoxy) is 4. The fourth-order valence-corrected chi connectivity index (χ4v) is 3.63. The van der Waals surface area contributed by atoms with Crippen LogP contribution in [0.5, 0.6) is 5.75 Å². The van der Waals surface area contributed by atoms with Gasteiger partial charge < -0.3 is 28.7 Å². The maximum atomic E-state index is 14.2. The summed E-state index contributed by atoms with van der Waals surface area (Å²) < 4.78 is 36.0. The number of carbonyl (C=O) groups is 2. The van der Waals surface area contributed by atoms with Crippen LogP contribution in [0, 0.1) is 5.82 Å². The number of rotatable bonds is 9. The van der Waals surface area contributed by atoms with E-state index in [1.807, 2.05) is 0 Å². The highest BCUT2D eigenvalue weighted by Gasteiger charge is 2.39. The van der Waals surface area contributed by atoms with Crippen LogP contribution >= 0.6 is 0 Å². The second-order valence-corrected chi connectivity index (χ2v) is 9.47. The van der Waals surface area contributed by atoms with Crippen molar-refractivity contribution in [2.24, 2.45) is 0 Å². The van der Waals surface area contributed by atoms with Crippen LogP contribution in [0.15, 0.2) is 18.2 Å². The third-order valence-electron chi connectivity index (χ3n) is 5.31. The molecule has 1 aromatic carbocycles. The first-order valence-corrected chi connectivity index (χ1v) is 11.5. The lowest BCUT2D eigenvalue weighted by Gasteiger charge is -2.36. The summed E-state index contributed by atoms with van der Waals surface area (Å²) in [6, 6.07) is 4.60. The van der Waals surface area contributed by atoms with Crippen molar-refractivity contribution in [1.29, 1.82) is 0 Å². The fourth-order valence-electron chi connectivity index (χ4n) is 3.63. The van der Waals surface area contributed by atoms with Gasteiger partial charge in [-0.1, -0.05) is 0 Å². The quantitative estimate of drug-likeness (QED) is 0.520. The third-order valence-corrected chi connectivity index (χ3v) is 5.31. The Morgan fingerprint density at radius 2 is 1.97 bits per heavy atom. The highest BCUT2D eigenvalue weighted by molar-refractivity contribution is 5.82. The third kappa shape index (κ3) is 7.85. The van der Waals surface area contributed by atoms with Gasteiger partial charge in [-0.3, -0.25) is 4.79 Å². The van der Waals surface area contributed by atoms with E-state index in [2.05, 4.69) is 0 Å². The Bertz CT molecular complexity index is 824. The molecule has 8 nitrogen and oxygen atoms in total. The molecule has 2 aliphatic rings. The first-order chi connectivity index (χ1) is 15.7. The Kier molecular flexibility index (Phi) is 8.53. The van der Waals surface area contributed by atoms with Crippen molar-refractivity contribution in [3.05, 3.63) is 29.6 Å². The van der Waals surface area contributed by atoms with Crippen molar-refractivity contribution in [2.75, 3.05) is 40.0 Å². The molecule has 33 heavy (non-hydrogen) atoms. The Balaban J connectivity index is 1.65. The minimum Gasteiger partial charge on any atom is -0.493 e. The van der Waals surface area contributed by atoms with Gasteiger partial charge in [0.2, 0.25) is 0 Å². The topological polar surface area (TPSA) is 77.5 Å². The van der Waals surface area contributed by atoms with Gasteiger partial charge in [-0.25, -0.2) is 9.18 Å². The second kappa shape index (κ2) is 11.2. The van der Waals surface area contributed by atoms with E-state index in [1.54, 1.807) is 38.8 Å². The van der Waals surface area contributed by atoms with Gasteiger partial charge in [-0.2, -0.15) is 0 Å². The van der Waals surface area contributed by atoms with Gasteiger partial charge in [0, 0.05) is 45.3 Å². The molecule has 2 amide bonds. The molecular weight excluding hydrogens is 431 g/mol. The molecule has 3 rings (SSSR count). The van der Waals surface area contributed by atoms with E-state index in [0.717, 1.165) is 12.8 Å². The maximum Gasteiger partial charge on any atom is 0.410 e. The van der Waals surface area contributed by atoms with Crippen LogP contribution in [0.4, 0.5) is 9.18 Å². The van der Waals surface area contributed by atoms with Crippen molar-refractivity contribution in [3.63, 3.8) is 0 Å². The molecule has 0 aromatic heterocycles. The summed E-state index contributed by atoms with van der Waals surface area (Å²) in [5.41, 5.74) is 0.0344. The second-order valence-electron chi connectivity index (χ2n) is 9.47. The molecule has 1 heterocycles. The number of morpholine rings is 1. The van der Waals surface area contributed by atoms with Crippen LogP contribution in [0.3, 0.4) is 0 Å². The first-order valence-electron chi connectivity index (χ1n) is 11.5. The number of halogens is 1. The van der Waals surface area contributed by atoms with Gasteiger partial charge in [-0.15, -0.1) is 0 Å². The van der Waals surface area contributed by atoms with Gasteiger partial charge in [0.1, 0.15) is 17.2 Å². The van der Waals surface area contributed by atoms with E-state index in [4.69, 9.17) is 18.9 Å². The van der Waals surface area contributed by atoms with Gasteiger partial charge >= 0.3 is 6.09 Å². The normalized spacial score (nSPS) is 18.7. The molecule has 1 aromatic rings. The molecule has 0 radical (unpaired) electrons. The van der Waals surface area contributed by atoms with Crippen molar-refractivity contribution in [2.45, 2.75) is 64.3 Å². The summed E-state index contributed by atoms with van der Waals surface area (Å²) in [6.45, 7) is 7.40. The first kappa shape index (κ1) is 25.2. The SMILES string of the molecule is COCCCOc1cc(F)cc(CN(C(=O)C2CN(C(=O)OC(C)(C)C)CCO2)C2CC2)c1. The smallest absolute Gasteiger partial charge is 0.410 e. The highest BCUT2D eigenvalue weighted by atomic mass is 19.1. The molecule has 2 fully saturated rings. The Labute approximate surface area is 194 Å². The number of amides is 2. The Hall–Kier alpha value is -2.39. The number of benzene rings is 1. The van der Waals surface area contributed by atoms with Crippen LogP contribution in [0.2, 0.25) is 0 Å². The van der Waals surface area contributed by atoms with Gasteiger partial charge in [0.25, 0.3) is 5.91 Å². The van der Waals surface area contributed by atoms with Crippen LogP contribution in [0.25, 0.3) is 0 Å². The zero-order valence-corrected chi connectivity index (χ0v) is 20.0. The van der Waals surface area contributed by atoms with Crippen molar-refractivity contribution in [3.8, 4) is 5.75 Å². The van der Waals surface area contributed by atoms with Crippen molar-refractivity contribution in [1.82, 2.24) is 9.80 Å². The van der Waals surface area contributed by atoms with E-state index in [9.17, 15) is 14.0 Å². The number of methoxy groups -OCH3 is 1. The summed E-state index contributed by atoms with van der Waals surface area (Å²) in [6.07, 6.45) is 1.25. The Morgan fingerprint density at radius 3 is 2.64 bits per heavy atom. The van der Waals surface area contributed by atoms with Crippen LogP contribution < -0.4 is 4.74 Å². The largest absolute Gasteiger partial charge is 0.493 e. The zero-order valence-electron chi connectivity index (χ0n) is 20.0. The Morgan fingerprint density at radius 1 is 1.21 bits per heavy atom. The zero-order chi connectivity index (χ0) is 24.0. The van der Waals surface area contributed by atoms with E-state index < -0.39 is 23.6 Å². The van der Waals surface area contributed by atoms with E-state index in [0.29, 0.717) is 37.5 Å². The number of hydrogen-bond donors (Lipinski definition) is 0. The molecular formula is C24H35FN2O6. The summed E-state index contributed by atoms with van der Waals surface area (Å²) in [5.74, 6) is -0.186. The highest BCUT2D eigenvalue weighted by Crippen LogP contribution is 2.31. The molecule has 9 heteroatoms. The number of hydrogen-bond acceptors (Lipinski definition) is 6. The molecule has 1 atom stereocenters. The number of nitrogens with zero attached hydrogens (tertiary/aromatic N) is 2. The molecule has 0 N–H and O–H groups in total. The predicted molar refractivity (Wildman–Crippen MR) is 120 cm³/mol. The molecule has 1 aliphatic carbocycles. The van der Waals surface area contributed by atoms with Gasteiger partial charge in [0.05, 0.1) is 19.8 Å². The van der Waals surface area contributed by atoms with E-state index in [-0.39, 0.29) is 31.6 Å². The summed E-state index contributed by atoms with van der Waals surface area (Å²) in [4.78, 5) is 29.0. The minimum atomic E-state index is -0.773. The predicted octanol–water partition coefficient (Wildman–Crippen LogP) is 3.37. The minimum absolute atomic E-state index is 0.0901. The van der Waals surface area contributed by atoms with Crippen LogP contribution in [-0.2, 0) is 25.5 Å². The molecule has 1 unspecified atom stereocenters. The lowest BCUT2D eigenvalue weighted by atomic mass is 10.1. The summed E-state index contributed by atoms with van der Waals surface area (Å²) in [5, 5.41) is 0. The molecule has 1 saturated carbocycles. The standard InChI is InChI=1S/C24H35FN2O6/c1-24(2,3)33-23(29)26-8-11-32-21(16-26)22(28)27(19-6-7-19)15-17-12-18(25)14-20(13-17)31-10-5-9-30-4/h12-14,19,21H,5-11,15-16H2,1-4H3. The van der Waals surface area contributed by atoms with Crippen molar-refractivity contribution >= 4 is 12.0 Å². The van der Waals surface area contributed by atoms with Crippen LogP contribution in [0.1, 0.15) is 45.6 Å². The number of carbonyl (C=O) groups excluding carboxylic acids is 2. The van der Waals surface area contributed by atoms with Gasteiger partial charge in [0.15, 0.2) is 6.10 Å². The molecule has 0 bridgehead atoms. The lowest BCUT2D eigenvalue weighted by molar-refractivity contribution is -0.150. The van der Waals surface area contributed by atoms with E-state index in [1.165, 1.54) is 17.0 Å². The lowest BCUT2D eigenvalue weighted by Crippen LogP contribution is -2.53. The van der Waals surface area contributed by atoms with Gasteiger partial charge in [-0.05, 0) is 51.3 Å². The average Bonchev–Trinajstić information content (AvgIpc) is 3.58. The van der Waals surface area contributed by atoms with Crippen LogP contribution in [-0.4, -0.2) is 79.6 Å². The molecule has 184 valence electrons. The maximum absolute atomic E-state index is 14.2. The molecule has 0 spiro atoms. The average molecular weight is 467 g/mol. The summed E-state index contributed by atoms with van der Waals surface area (Å²) >= 11 is 0. The van der Waals surface area contributed by atoms with Crippen molar-refractivity contribution < 1.29 is 32.9 Å². The monoisotopic (exact) mass is 466 g/mol. The summed E-state index contributed by atoms with van der Waals surface area (Å²) in [7, 11) is 1.62.